The monoisotopic (exact) mass is 383 g/mol. The Morgan fingerprint density at radius 3 is 2.52 bits per heavy atom. The molecular formula is C21H28F3NO2. The molecule has 0 aromatic heterocycles. The van der Waals surface area contributed by atoms with Gasteiger partial charge < -0.3 is 5.11 Å². The lowest BCUT2D eigenvalue weighted by Gasteiger charge is -2.16. The van der Waals surface area contributed by atoms with Gasteiger partial charge in [-0.25, -0.2) is 0 Å². The maximum Gasteiger partial charge on any atom is 0.416 e. The van der Waals surface area contributed by atoms with E-state index >= 15 is 0 Å². The van der Waals surface area contributed by atoms with Crippen LogP contribution in [0.3, 0.4) is 0 Å². The minimum atomic E-state index is -4.33. The topological polar surface area (TPSA) is 49.7 Å². The Kier molecular flexibility index (Phi) is 7.20. The Morgan fingerprint density at radius 2 is 1.85 bits per heavy atom. The van der Waals surface area contributed by atoms with Crippen LogP contribution in [0.4, 0.5) is 18.9 Å². The molecule has 0 atom stereocenters. The van der Waals surface area contributed by atoms with Gasteiger partial charge in [-0.1, -0.05) is 0 Å². The van der Waals surface area contributed by atoms with Crippen molar-refractivity contribution in [2.24, 2.45) is 4.99 Å². The molecule has 0 radical (unpaired) electrons. The third-order valence-electron chi connectivity index (χ3n) is 4.65. The quantitative estimate of drug-likeness (QED) is 0.606. The minimum absolute atomic E-state index is 0.0483. The molecule has 27 heavy (non-hydrogen) atoms. The second-order valence-corrected chi connectivity index (χ2v) is 7.96. The maximum atomic E-state index is 12.9. The molecule has 0 aliphatic carbocycles. The van der Waals surface area contributed by atoms with Crippen LogP contribution in [0.5, 0.6) is 0 Å². The van der Waals surface area contributed by atoms with Gasteiger partial charge in [0.05, 0.1) is 16.9 Å². The van der Waals surface area contributed by atoms with E-state index in [1.165, 1.54) is 12.1 Å². The summed E-state index contributed by atoms with van der Waals surface area (Å²) in [5.74, 6) is 0.0483. The number of unbranched alkanes of at least 4 members (excludes halogenated alkanes) is 1. The van der Waals surface area contributed by atoms with E-state index in [9.17, 15) is 23.1 Å². The van der Waals surface area contributed by atoms with E-state index < -0.39 is 17.3 Å². The Bertz CT molecular complexity index is 688. The van der Waals surface area contributed by atoms with Crippen LogP contribution in [0.25, 0.3) is 0 Å². The summed E-state index contributed by atoms with van der Waals surface area (Å²) in [6, 6.07) is 3.78. The molecule has 0 fully saturated rings. The normalized spacial score (nSPS) is 17.5. The summed E-state index contributed by atoms with van der Waals surface area (Å²) in [4.78, 5) is 16.4. The van der Waals surface area contributed by atoms with E-state index in [4.69, 9.17) is 0 Å². The molecule has 1 N–H and O–H groups in total. The lowest BCUT2D eigenvalue weighted by molar-refractivity contribution is -0.137. The van der Waals surface area contributed by atoms with E-state index in [2.05, 4.69) is 4.99 Å². The molecule has 6 heteroatoms. The van der Waals surface area contributed by atoms with Crippen LogP contribution in [-0.2, 0) is 17.4 Å². The summed E-state index contributed by atoms with van der Waals surface area (Å²) in [7, 11) is 0. The minimum Gasteiger partial charge on any atom is -0.390 e. The van der Waals surface area contributed by atoms with Crippen molar-refractivity contribution in [3.63, 3.8) is 0 Å². The van der Waals surface area contributed by atoms with E-state index in [0.29, 0.717) is 24.1 Å². The number of nitrogens with zero attached hydrogens (tertiary/aromatic N) is 1. The van der Waals surface area contributed by atoms with Crippen molar-refractivity contribution < 1.29 is 23.1 Å². The van der Waals surface area contributed by atoms with Crippen molar-refractivity contribution in [3.8, 4) is 0 Å². The van der Waals surface area contributed by atoms with E-state index in [1.807, 2.05) is 0 Å². The van der Waals surface area contributed by atoms with Crippen molar-refractivity contribution in [2.75, 3.05) is 0 Å². The number of fused-ring (bicyclic) bond motifs is 1. The third-order valence-corrected chi connectivity index (χ3v) is 4.65. The largest absolute Gasteiger partial charge is 0.416 e. The van der Waals surface area contributed by atoms with Crippen molar-refractivity contribution >= 4 is 17.2 Å². The molecule has 0 saturated heterocycles. The molecule has 0 spiro atoms. The number of hydrogen-bond acceptors (Lipinski definition) is 3. The highest BCUT2D eigenvalue weighted by Crippen LogP contribution is 2.34. The van der Waals surface area contributed by atoms with Gasteiger partial charge in [0, 0.05) is 18.6 Å². The number of rotatable bonds is 7. The van der Waals surface area contributed by atoms with Crippen molar-refractivity contribution in [2.45, 2.75) is 83.4 Å². The highest BCUT2D eigenvalue weighted by molar-refractivity contribution is 5.87. The van der Waals surface area contributed by atoms with Gasteiger partial charge in [-0.05, 0) is 82.6 Å². The molecule has 150 valence electrons. The van der Waals surface area contributed by atoms with Gasteiger partial charge in [0.15, 0.2) is 0 Å². The average molecular weight is 383 g/mol. The van der Waals surface area contributed by atoms with Gasteiger partial charge in [-0.2, -0.15) is 13.2 Å². The van der Waals surface area contributed by atoms with Crippen molar-refractivity contribution in [3.05, 3.63) is 29.3 Å². The van der Waals surface area contributed by atoms with Gasteiger partial charge in [0.25, 0.3) is 0 Å². The molecule has 1 aliphatic rings. The summed E-state index contributed by atoms with van der Waals surface area (Å²) >= 11 is 0. The zero-order valence-electron chi connectivity index (χ0n) is 16.0. The third kappa shape index (κ3) is 7.45. The number of halogens is 3. The first-order valence-electron chi connectivity index (χ1n) is 9.55. The van der Waals surface area contributed by atoms with Crippen LogP contribution in [-0.4, -0.2) is 22.2 Å². The molecule has 0 unspecified atom stereocenters. The van der Waals surface area contributed by atoms with Gasteiger partial charge >= 0.3 is 6.18 Å². The number of benzene rings is 1. The summed E-state index contributed by atoms with van der Waals surface area (Å²) in [5.41, 5.74) is 0.687. The summed E-state index contributed by atoms with van der Waals surface area (Å²) in [5, 5.41) is 9.66. The molecule has 2 rings (SSSR count). The molecule has 3 nitrogen and oxygen atoms in total. The average Bonchev–Trinajstić information content (AvgIpc) is 2.50. The fourth-order valence-corrected chi connectivity index (χ4v) is 3.34. The number of aryl methyl sites for hydroxylation is 1. The smallest absolute Gasteiger partial charge is 0.390 e. The SMILES string of the molecule is CC(C)(O)CC(=O)CCCC/C1=N/c2ccc(C(F)(F)F)cc2CCCC1. The number of carbonyl (C=O) groups is 1. The Balaban J connectivity index is 1.96. The molecule has 0 bridgehead atoms. The van der Waals surface area contributed by atoms with Crippen LogP contribution in [0.1, 0.15) is 76.3 Å². The Labute approximate surface area is 158 Å². The molecular weight excluding hydrogens is 355 g/mol. The van der Waals surface area contributed by atoms with Crippen LogP contribution < -0.4 is 0 Å². The highest BCUT2D eigenvalue weighted by Gasteiger charge is 2.31. The number of ketones is 1. The van der Waals surface area contributed by atoms with E-state index in [-0.39, 0.29) is 12.2 Å². The summed E-state index contributed by atoms with van der Waals surface area (Å²) in [6.07, 6.45) is 1.75. The van der Waals surface area contributed by atoms with Crippen molar-refractivity contribution in [1.82, 2.24) is 0 Å². The maximum absolute atomic E-state index is 12.9. The zero-order valence-corrected chi connectivity index (χ0v) is 16.0. The van der Waals surface area contributed by atoms with Gasteiger partial charge in [-0.15, -0.1) is 0 Å². The van der Waals surface area contributed by atoms with Gasteiger partial charge in [0.1, 0.15) is 5.78 Å². The summed E-state index contributed by atoms with van der Waals surface area (Å²) < 4.78 is 38.7. The standard InChI is InChI=1S/C21H28F3NO2/c1-20(2,27)14-18(26)10-6-5-9-17-8-4-3-7-15-13-16(21(22,23)24)11-12-19(15)25-17/h11-13,27H,3-10,14H2,1-2H3/b25-17+. The number of hydrogen-bond donors (Lipinski definition) is 1. The lowest BCUT2D eigenvalue weighted by atomic mass is 9.96. The fraction of sp³-hybridized carbons (Fsp3) is 0.619. The number of aliphatic imine (C=N–C) groups is 1. The van der Waals surface area contributed by atoms with Crippen LogP contribution in [0.15, 0.2) is 23.2 Å². The first kappa shape index (κ1) is 21.6. The fourth-order valence-electron chi connectivity index (χ4n) is 3.34. The van der Waals surface area contributed by atoms with E-state index in [0.717, 1.165) is 50.3 Å². The second kappa shape index (κ2) is 9.00. The summed E-state index contributed by atoms with van der Waals surface area (Å²) in [6.45, 7) is 3.24. The van der Waals surface area contributed by atoms with Crippen LogP contribution >= 0.6 is 0 Å². The van der Waals surface area contributed by atoms with Crippen molar-refractivity contribution in [1.29, 1.82) is 0 Å². The molecule has 1 aromatic rings. The lowest BCUT2D eigenvalue weighted by Crippen LogP contribution is -2.23. The van der Waals surface area contributed by atoms with Crippen LogP contribution in [0, 0.1) is 0 Å². The molecule has 0 saturated carbocycles. The molecule has 1 aromatic carbocycles. The van der Waals surface area contributed by atoms with Gasteiger partial charge in [0.2, 0.25) is 0 Å². The van der Waals surface area contributed by atoms with Crippen LogP contribution in [0.2, 0.25) is 0 Å². The zero-order chi connectivity index (χ0) is 20.1. The predicted molar refractivity (Wildman–Crippen MR) is 100 cm³/mol. The highest BCUT2D eigenvalue weighted by atomic mass is 19.4. The first-order chi connectivity index (χ1) is 12.5. The Hall–Kier alpha value is -1.69. The predicted octanol–water partition coefficient (Wildman–Crippen LogP) is 5.79. The molecule has 0 amide bonds. The number of carbonyl (C=O) groups excluding carboxylic acids is 1. The second-order valence-electron chi connectivity index (χ2n) is 7.96. The number of Topliss-reactive ketones (excluding diaryl/α,β-unsaturated/α-hetero) is 1. The number of alkyl halides is 3. The Morgan fingerprint density at radius 1 is 1.15 bits per heavy atom. The first-order valence-corrected chi connectivity index (χ1v) is 9.55. The molecule has 1 aliphatic heterocycles. The van der Waals surface area contributed by atoms with Gasteiger partial charge in [-0.3, -0.25) is 9.79 Å². The number of aliphatic hydroxyl groups is 1. The molecule has 1 heterocycles. The van der Waals surface area contributed by atoms with E-state index in [1.54, 1.807) is 13.8 Å².